The molecule has 1 unspecified atom stereocenters. The van der Waals surface area contributed by atoms with Crippen LogP contribution in [0.3, 0.4) is 0 Å². The standard InChI is InChI=1S/C9H10N2O2/c12-9(13)6-1-4-11-8-2-3-10-5-7(6)8/h2-3,5-6,11H,1,4H2,(H,12,13). The number of carbonyl (C=O) groups is 1. The lowest BCUT2D eigenvalue weighted by molar-refractivity contribution is -0.138. The van der Waals surface area contributed by atoms with Crippen molar-refractivity contribution in [1.29, 1.82) is 0 Å². The smallest absolute Gasteiger partial charge is 0.311 e. The summed E-state index contributed by atoms with van der Waals surface area (Å²) in [4.78, 5) is 14.8. The molecule has 2 rings (SSSR count). The van der Waals surface area contributed by atoms with Crippen LogP contribution in [0, 0.1) is 0 Å². The Kier molecular flexibility index (Phi) is 1.88. The highest BCUT2D eigenvalue weighted by molar-refractivity contribution is 5.79. The topological polar surface area (TPSA) is 62.2 Å². The summed E-state index contributed by atoms with van der Waals surface area (Å²) < 4.78 is 0. The van der Waals surface area contributed by atoms with Crippen molar-refractivity contribution in [3.63, 3.8) is 0 Å². The van der Waals surface area contributed by atoms with Crippen molar-refractivity contribution >= 4 is 11.7 Å². The number of pyridine rings is 1. The molecule has 0 fully saturated rings. The summed E-state index contributed by atoms with van der Waals surface area (Å²) in [6, 6.07) is 1.81. The fraction of sp³-hybridized carbons (Fsp3) is 0.333. The molecule has 1 aromatic rings. The van der Waals surface area contributed by atoms with Crippen molar-refractivity contribution in [1.82, 2.24) is 4.98 Å². The maximum atomic E-state index is 10.9. The van der Waals surface area contributed by atoms with Crippen molar-refractivity contribution in [2.45, 2.75) is 12.3 Å². The molecule has 68 valence electrons. The summed E-state index contributed by atoms with van der Waals surface area (Å²) in [6.45, 7) is 0.716. The molecule has 2 heterocycles. The number of aliphatic carboxylic acids is 1. The Morgan fingerprint density at radius 2 is 2.54 bits per heavy atom. The van der Waals surface area contributed by atoms with Crippen LogP contribution >= 0.6 is 0 Å². The Hall–Kier alpha value is -1.58. The first-order chi connectivity index (χ1) is 6.29. The first-order valence-electron chi connectivity index (χ1n) is 4.19. The number of anilines is 1. The number of nitrogens with zero attached hydrogens (tertiary/aromatic N) is 1. The van der Waals surface area contributed by atoms with Gasteiger partial charge >= 0.3 is 5.97 Å². The largest absolute Gasteiger partial charge is 0.481 e. The van der Waals surface area contributed by atoms with Crippen LogP contribution in [0.2, 0.25) is 0 Å². The summed E-state index contributed by atoms with van der Waals surface area (Å²) >= 11 is 0. The van der Waals surface area contributed by atoms with Crippen molar-refractivity contribution < 1.29 is 9.90 Å². The first-order valence-corrected chi connectivity index (χ1v) is 4.19. The molecular weight excluding hydrogens is 168 g/mol. The van der Waals surface area contributed by atoms with E-state index in [1.54, 1.807) is 12.4 Å². The minimum Gasteiger partial charge on any atom is -0.481 e. The van der Waals surface area contributed by atoms with Crippen LogP contribution in [-0.4, -0.2) is 22.6 Å². The predicted molar refractivity (Wildman–Crippen MR) is 47.7 cm³/mol. The lowest BCUT2D eigenvalue weighted by Gasteiger charge is -2.22. The summed E-state index contributed by atoms with van der Waals surface area (Å²) in [5, 5.41) is 12.1. The van der Waals surface area contributed by atoms with Gasteiger partial charge in [-0.15, -0.1) is 0 Å². The van der Waals surface area contributed by atoms with Gasteiger partial charge in [0, 0.05) is 30.2 Å². The molecule has 1 aliphatic rings. The third-order valence-electron chi connectivity index (χ3n) is 2.27. The highest BCUT2D eigenvalue weighted by atomic mass is 16.4. The molecule has 0 bridgehead atoms. The lowest BCUT2D eigenvalue weighted by Crippen LogP contribution is -2.22. The molecule has 0 aromatic carbocycles. The molecular formula is C9H10N2O2. The molecule has 0 radical (unpaired) electrons. The second kappa shape index (κ2) is 3.05. The second-order valence-corrected chi connectivity index (χ2v) is 3.07. The van der Waals surface area contributed by atoms with E-state index in [-0.39, 0.29) is 0 Å². The molecule has 13 heavy (non-hydrogen) atoms. The monoisotopic (exact) mass is 178 g/mol. The lowest BCUT2D eigenvalue weighted by atomic mass is 9.93. The van der Waals surface area contributed by atoms with Crippen LogP contribution in [-0.2, 0) is 4.79 Å². The van der Waals surface area contributed by atoms with Crippen molar-refractivity contribution in [3.8, 4) is 0 Å². The van der Waals surface area contributed by atoms with Gasteiger partial charge in [0.25, 0.3) is 0 Å². The zero-order valence-corrected chi connectivity index (χ0v) is 7.03. The average Bonchev–Trinajstić information content (AvgIpc) is 2.17. The van der Waals surface area contributed by atoms with Gasteiger partial charge in [0.2, 0.25) is 0 Å². The van der Waals surface area contributed by atoms with Gasteiger partial charge in [-0.05, 0) is 12.5 Å². The zero-order valence-electron chi connectivity index (χ0n) is 7.03. The number of carboxylic acids is 1. The number of hydrogen-bond donors (Lipinski definition) is 2. The van der Waals surface area contributed by atoms with Gasteiger partial charge < -0.3 is 10.4 Å². The number of hydrogen-bond acceptors (Lipinski definition) is 3. The number of carboxylic acid groups (broad SMARTS) is 1. The zero-order chi connectivity index (χ0) is 9.26. The summed E-state index contributed by atoms with van der Waals surface area (Å²) in [5.41, 5.74) is 1.69. The van der Waals surface area contributed by atoms with Crippen LogP contribution in [0.1, 0.15) is 17.9 Å². The number of rotatable bonds is 1. The Morgan fingerprint density at radius 1 is 1.69 bits per heavy atom. The minimum absolute atomic E-state index is 0.398. The van der Waals surface area contributed by atoms with Gasteiger partial charge in [0.15, 0.2) is 0 Å². The van der Waals surface area contributed by atoms with E-state index in [2.05, 4.69) is 10.3 Å². The van der Waals surface area contributed by atoms with Crippen LogP contribution in [0.15, 0.2) is 18.5 Å². The molecule has 0 aliphatic carbocycles. The first kappa shape index (κ1) is 8.04. The quantitative estimate of drug-likeness (QED) is 0.675. The molecule has 1 aromatic heterocycles. The Bertz CT molecular complexity index is 338. The van der Waals surface area contributed by atoms with E-state index in [4.69, 9.17) is 5.11 Å². The van der Waals surface area contributed by atoms with Gasteiger partial charge in [-0.1, -0.05) is 0 Å². The predicted octanol–water partition coefficient (Wildman–Crippen LogP) is 1.07. The van der Waals surface area contributed by atoms with Gasteiger partial charge in [-0.25, -0.2) is 0 Å². The maximum Gasteiger partial charge on any atom is 0.311 e. The van der Waals surface area contributed by atoms with Gasteiger partial charge in [-0.2, -0.15) is 0 Å². The Labute approximate surface area is 75.6 Å². The van der Waals surface area contributed by atoms with E-state index < -0.39 is 11.9 Å². The SMILES string of the molecule is O=C(O)C1CCNc2ccncc21. The summed E-state index contributed by atoms with van der Waals surface area (Å²) in [6.07, 6.45) is 3.92. The summed E-state index contributed by atoms with van der Waals surface area (Å²) in [5.74, 6) is -1.17. The molecule has 4 nitrogen and oxygen atoms in total. The minimum atomic E-state index is -0.768. The molecule has 0 amide bonds. The van der Waals surface area contributed by atoms with E-state index in [0.29, 0.717) is 13.0 Å². The maximum absolute atomic E-state index is 10.9. The molecule has 2 N–H and O–H groups in total. The second-order valence-electron chi connectivity index (χ2n) is 3.07. The number of aromatic nitrogens is 1. The van der Waals surface area contributed by atoms with Crippen molar-refractivity contribution in [2.75, 3.05) is 11.9 Å². The Balaban J connectivity index is 2.42. The fourth-order valence-electron chi connectivity index (χ4n) is 1.61. The van der Waals surface area contributed by atoms with E-state index >= 15 is 0 Å². The molecule has 4 heteroatoms. The van der Waals surface area contributed by atoms with E-state index in [1.807, 2.05) is 6.07 Å². The van der Waals surface area contributed by atoms with Crippen LogP contribution in [0.4, 0.5) is 5.69 Å². The number of fused-ring (bicyclic) bond motifs is 1. The van der Waals surface area contributed by atoms with Crippen LogP contribution < -0.4 is 5.32 Å². The molecule has 1 aliphatic heterocycles. The van der Waals surface area contributed by atoms with E-state index in [0.717, 1.165) is 11.3 Å². The van der Waals surface area contributed by atoms with E-state index in [9.17, 15) is 4.79 Å². The Morgan fingerprint density at radius 3 is 3.31 bits per heavy atom. The molecule has 1 atom stereocenters. The van der Waals surface area contributed by atoms with Crippen molar-refractivity contribution in [2.24, 2.45) is 0 Å². The van der Waals surface area contributed by atoms with Gasteiger partial charge in [-0.3, -0.25) is 9.78 Å². The highest BCUT2D eigenvalue weighted by Gasteiger charge is 2.25. The van der Waals surface area contributed by atoms with Crippen LogP contribution in [0.25, 0.3) is 0 Å². The molecule has 0 saturated heterocycles. The normalized spacial score (nSPS) is 20.2. The van der Waals surface area contributed by atoms with Crippen LogP contribution in [0.5, 0.6) is 0 Å². The average molecular weight is 178 g/mol. The third-order valence-corrected chi connectivity index (χ3v) is 2.27. The van der Waals surface area contributed by atoms with E-state index in [1.165, 1.54) is 0 Å². The summed E-state index contributed by atoms with van der Waals surface area (Å²) in [7, 11) is 0. The highest BCUT2D eigenvalue weighted by Crippen LogP contribution is 2.30. The molecule has 0 spiro atoms. The van der Waals surface area contributed by atoms with Crippen molar-refractivity contribution in [3.05, 3.63) is 24.0 Å². The van der Waals surface area contributed by atoms with Gasteiger partial charge in [0.05, 0.1) is 5.92 Å². The fourth-order valence-corrected chi connectivity index (χ4v) is 1.61. The molecule has 0 saturated carbocycles. The number of nitrogens with one attached hydrogen (secondary N) is 1. The third kappa shape index (κ3) is 1.35. The van der Waals surface area contributed by atoms with Gasteiger partial charge in [0.1, 0.15) is 0 Å².